The lowest BCUT2D eigenvalue weighted by Gasteiger charge is -2.27. The Bertz CT molecular complexity index is 547. The summed E-state index contributed by atoms with van der Waals surface area (Å²) in [6.07, 6.45) is 2.78. The number of imidazole rings is 1. The average molecular weight is 287 g/mol. The molecule has 2 rings (SSSR count). The number of carbonyl (C=O) groups excluding carboxylic acids is 1. The van der Waals surface area contributed by atoms with Crippen molar-refractivity contribution in [3.05, 3.63) is 12.5 Å². The molecule has 8 nitrogen and oxygen atoms in total. The van der Waals surface area contributed by atoms with E-state index in [-0.39, 0.29) is 17.5 Å². The fourth-order valence-corrected chi connectivity index (χ4v) is 2.74. The van der Waals surface area contributed by atoms with Crippen LogP contribution in [-0.4, -0.2) is 61.5 Å². The van der Waals surface area contributed by atoms with E-state index in [4.69, 9.17) is 0 Å². The molecule has 19 heavy (non-hydrogen) atoms. The summed E-state index contributed by atoms with van der Waals surface area (Å²) < 4.78 is 27.5. The summed E-state index contributed by atoms with van der Waals surface area (Å²) in [6.45, 7) is 2.44. The molecular weight excluding hydrogens is 270 g/mol. The van der Waals surface area contributed by atoms with Crippen molar-refractivity contribution in [2.75, 3.05) is 32.7 Å². The fourth-order valence-electron chi connectivity index (χ4n) is 1.78. The van der Waals surface area contributed by atoms with Crippen molar-refractivity contribution in [2.45, 2.75) is 5.03 Å². The third kappa shape index (κ3) is 3.52. The summed E-state index contributed by atoms with van der Waals surface area (Å²) in [6, 6.07) is 0. The van der Waals surface area contributed by atoms with Crippen LogP contribution in [0.5, 0.6) is 0 Å². The number of rotatable bonds is 4. The van der Waals surface area contributed by atoms with E-state index < -0.39 is 10.0 Å². The predicted molar refractivity (Wildman–Crippen MR) is 67.8 cm³/mol. The van der Waals surface area contributed by atoms with Gasteiger partial charge in [0.1, 0.15) is 0 Å². The van der Waals surface area contributed by atoms with Crippen LogP contribution in [0, 0.1) is 0 Å². The smallest absolute Gasteiger partial charge is 0.260 e. The van der Waals surface area contributed by atoms with E-state index in [1.807, 2.05) is 0 Å². The fraction of sp³-hybridized carbons (Fsp3) is 0.600. The molecule has 1 aliphatic rings. The Morgan fingerprint density at radius 1 is 1.47 bits per heavy atom. The van der Waals surface area contributed by atoms with Gasteiger partial charge in [0.05, 0.1) is 12.9 Å². The Balaban J connectivity index is 1.92. The SMILES string of the molecule is Cn1cnc(S(=O)(=O)NCC(=O)N2CCNCC2)c1. The van der Waals surface area contributed by atoms with E-state index in [9.17, 15) is 13.2 Å². The van der Waals surface area contributed by atoms with Crippen LogP contribution in [0.3, 0.4) is 0 Å². The topological polar surface area (TPSA) is 96.3 Å². The first-order valence-electron chi connectivity index (χ1n) is 5.95. The molecule has 1 aliphatic heterocycles. The van der Waals surface area contributed by atoms with Crippen molar-refractivity contribution >= 4 is 15.9 Å². The van der Waals surface area contributed by atoms with Crippen molar-refractivity contribution in [3.8, 4) is 0 Å². The number of nitrogens with zero attached hydrogens (tertiary/aromatic N) is 3. The molecule has 106 valence electrons. The van der Waals surface area contributed by atoms with Crippen molar-refractivity contribution < 1.29 is 13.2 Å². The minimum Gasteiger partial charge on any atom is -0.339 e. The van der Waals surface area contributed by atoms with Crippen LogP contribution in [0.4, 0.5) is 0 Å². The van der Waals surface area contributed by atoms with E-state index in [1.54, 1.807) is 11.9 Å². The molecule has 0 spiro atoms. The number of piperazine rings is 1. The highest BCUT2D eigenvalue weighted by Crippen LogP contribution is 2.03. The predicted octanol–water partition coefficient (Wildman–Crippen LogP) is -1.87. The number of amides is 1. The van der Waals surface area contributed by atoms with Crippen molar-refractivity contribution in [1.29, 1.82) is 0 Å². The Hall–Kier alpha value is -1.45. The first-order chi connectivity index (χ1) is 8.99. The summed E-state index contributed by atoms with van der Waals surface area (Å²) in [5.41, 5.74) is 0. The maximum absolute atomic E-state index is 11.9. The number of hydrogen-bond acceptors (Lipinski definition) is 5. The Labute approximate surface area is 111 Å². The molecule has 1 aromatic rings. The van der Waals surface area contributed by atoms with Gasteiger partial charge in [-0.3, -0.25) is 4.79 Å². The third-order valence-corrected chi connectivity index (χ3v) is 4.13. The molecule has 0 aromatic carbocycles. The molecule has 0 unspecified atom stereocenters. The second-order valence-corrected chi connectivity index (χ2v) is 6.05. The largest absolute Gasteiger partial charge is 0.339 e. The standard InChI is InChI=1S/C10H17N5O3S/c1-14-7-9(12-8-14)19(17,18)13-6-10(16)15-4-2-11-3-5-15/h7-8,11,13H,2-6H2,1H3. The first-order valence-corrected chi connectivity index (χ1v) is 7.43. The number of sulfonamides is 1. The number of carbonyl (C=O) groups is 1. The Morgan fingerprint density at radius 2 is 2.16 bits per heavy atom. The molecule has 0 bridgehead atoms. The highest BCUT2D eigenvalue weighted by Gasteiger charge is 2.21. The molecule has 0 radical (unpaired) electrons. The van der Waals surface area contributed by atoms with Crippen LogP contribution in [-0.2, 0) is 21.9 Å². The second-order valence-electron chi connectivity index (χ2n) is 4.33. The molecule has 9 heteroatoms. The van der Waals surface area contributed by atoms with E-state index in [2.05, 4.69) is 15.0 Å². The van der Waals surface area contributed by atoms with Gasteiger partial charge in [-0.1, -0.05) is 0 Å². The maximum Gasteiger partial charge on any atom is 0.260 e. The monoisotopic (exact) mass is 287 g/mol. The van der Waals surface area contributed by atoms with Gasteiger partial charge in [-0.15, -0.1) is 0 Å². The molecule has 2 heterocycles. The van der Waals surface area contributed by atoms with Crippen molar-refractivity contribution in [3.63, 3.8) is 0 Å². The highest BCUT2D eigenvalue weighted by molar-refractivity contribution is 7.89. The molecular formula is C10H17N5O3S. The summed E-state index contributed by atoms with van der Waals surface area (Å²) >= 11 is 0. The van der Waals surface area contributed by atoms with E-state index >= 15 is 0 Å². The lowest BCUT2D eigenvalue weighted by molar-refractivity contribution is -0.130. The van der Waals surface area contributed by atoms with Gasteiger partial charge in [0.15, 0.2) is 5.03 Å². The van der Waals surface area contributed by atoms with E-state index in [0.29, 0.717) is 13.1 Å². The van der Waals surface area contributed by atoms with Crippen LogP contribution in [0.2, 0.25) is 0 Å². The number of nitrogens with one attached hydrogen (secondary N) is 2. The Morgan fingerprint density at radius 3 is 2.74 bits per heavy atom. The number of hydrogen-bond donors (Lipinski definition) is 2. The van der Waals surface area contributed by atoms with Gasteiger partial charge in [0, 0.05) is 39.4 Å². The molecule has 1 amide bonds. The summed E-state index contributed by atoms with van der Waals surface area (Å²) in [5, 5.41) is 3.04. The molecule has 1 fully saturated rings. The number of aromatic nitrogens is 2. The minimum absolute atomic E-state index is 0.0805. The Kier molecular flexibility index (Phi) is 4.17. The molecule has 0 saturated carbocycles. The molecule has 2 N–H and O–H groups in total. The quantitative estimate of drug-likeness (QED) is 0.676. The normalized spacial score (nSPS) is 16.6. The third-order valence-electron chi connectivity index (χ3n) is 2.84. The first kappa shape index (κ1) is 14.0. The van der Waals surface area contributed by atoms with Crippen molar-refractivity contribution in [1.82, 2.24) is 24.5 Å². The van der Waals surface area contributed by atoms with Crippen LogP contribution < -0.4 is 10.0 Å². The van der Waals surface area contributed by atoms with Crippen molar-refractivity contribution in [2.24, 2.45) is 7.05 Å². The van der Waals surface area contributed by atoms with Gasteiger partial charge in [0.25, 0.3) is 10.0 Å². The molecule has 0 aliphatic carbocycles. The molecule has 1 aromatic heterocycles. The maximum atomic E-state index is 11.9. The zero-order chi connectivity index (χ0) is 13.9. The lowest BCUT2D eigenvalue weighted by Crippen LogP contribution is -2.49. The average Bonchev–Trinajstić information content (AvgIpc) is 2.85. The number of aryl methyl sites for hydroxylation is 1. The van der Waals surface area contributed by atoms with Gasteiger partial charge in [-0.05, 0) is 0 Å². The van der Waals surface area contributed by atoms with Crippen LogP contribution in [0.25, 0.3) is 0 Å². The minimum atomic E-state index is -3.72. The summed E-state index contributed by atoms with van der Waals surface area (Å²) in [5.74, 6) is -0.221. The highest BCUT2D eigenvalue weighted by atomic mass is 32.2. The van der Waals surface area contributed by atoms with Gasteiger partial charge in [0.2, 0.25) is 5.91 Å². The van der Waals surface area contributed by atoms with Gasteiger partial charge >= 0.3 is 0 Å². The van der Waals surface area contributed by atoms with Crippen LogP contribution >= 0.6 is 0 Å². The molecule has 0 atom stereocenters. The van der Waals surface area contributed by atoms with Gasteiger partial charge in [-0.25, -0.2) is 18.1 Å². The summed E-state index contributed by atoms with van der Waals surface area (Å²) in [4.78, 5) is 17.2. The zero-order valence-electron chi connectivity index (χ0n) is 10.7. The molecule has 1 saturated heterocycles. The second kappa shape index (κ2) is 5.68. The van der Waals surface area contributed by atoms with E-state index in [0.717, 1.165) is 13.1 Å². The van der Waals surface area contributed by atoms with Crippen LogP contribution in [0.15, 0.2) is 17.6 Å². The van der Waals surface area contributed by atoms with E-state index in [1.165, 1.54) is 17.1 Å². The van der Waals surface area contributed by atoms with Crippen LogP contribution in [0.1, 0.15) is 0 Å². The lowest BCUT2D eigenvalue weighted by atomic mass is 10.3. The van der Waals surface area contributed by atoms with Gasteiger partial charge < -0.3 is 14.8 Å². The van der Waals surface area contributed by atoms with Gasteiger partial charge in [-0.2, -0.15) is 0 Å². The zero-order valence-corrected chi connectivity index (χ0v) is 11.5. The summed E-state index contributed by atoms with van der Waals surface area (Å²) in [7, 11) is -2.04.